The molecule has 0 unspecified atom stereocenters. The van der Waals surface area contributed by atoms with Crippen LogP contribution in [0.15, 0.2) is 40.2 Å². The first kappa shape index (κ1) is 21.9. The number of nitrogens with zero attached hydrogens (tertiary/aromatic N) is 4. The first-order chi connectivity index (χ1) is 13.2. The van der Waals surface area contributed by atoms with Gasteiger partial charge in [0.05, 0.1) is 10.6 Å². The standard InChI is InChI=1S/C19H30N6O2S/c1-15-13-16(2)25(23-15)12-6-11-21-19(20-3)22-14-17-7-9-18(10-8-17)28(26,27)24(4)5/h7-10,13H,6,11-12,14H2,1-5H3,(H2,20,21,22). The number of sulfonamides is 1. The highest BCUT2D eigenvalue weighted by Crippen LogP contribution is 2.13. The summed E-state index contributed by atoms with van der Waals surface area (Å²) in [4.78, 5) is 4.50. The van der Waals surface area contributed by atoms with E-state index in [2.05, 4.69) is 33.7 Å². The maximum Gasteiger partial charge on any atom is 0.242 e. The predicted octanol–water partition coefficient (Wildman–Crippen LogP) is 1.51. The van der Waals surface area contributed by atoms with Gasteiger partial charge in [0, 0.05) is 46.5 Å². The van der Waals surface area contributed by atoms with E-state index in [1.165, 1.54) is 24.1 Å². The molecule has 0 fully saturated rings. The predicted molar refractivity (Wildman–Crippen MR) is 112 cm³/mol. The third-order valence-electron chi connectivity index (χ3n) is 4.33. The fraction of sp³-hybridized carbons (Fsp3) is 0.474. The van der Waals surface area contributed by atoms with Crippen LogP contribution in [0.4, 0.5) is 0 Å². The Morgan fingerprint density at radius 2 is 1.86 bits per heavy atom. The molecule has 9 heteroatoms. The van der Waals surface area contributed by atoms with Crippen molar-refractivity contribution in [1.82, 2.24) is 24.7 Å². The average Bonchev–Trinajstić information content (AvgIpc) is 2.98. The van der Waals surface area contributed by atoms with Gasteiger partial charge >= 0.3 is 0 Å². The van der Waals surface area contributed by atoms with Crippen molar-refractivity contribution >= 4 is 16.0 Å². The van der Waals surface area contributed by atoms with Crippen molar-refractivity contribution in [2.75, 3.05) is 27.7 Å². The molecule has 154 valence electrons. The van der Waals surface area contributed by atoms with Crippen molar-refractivity contribution in [3.8, 4) is 0 Å². The van der Waals surface area contributed by atoms with E-state index in [1.807, 2.05) is 11.6 Å². The molecule has 0 atom stereocenters. The number of nitrogens with one attached hydrogen (secondary N) is 2. The van der Waals surface area contributed by atoms with Crippen molar-refractivity contribution < 1.29 is 8.42 Å². The van der Waals surface area contributed by atoms with Crippen LogP contribution < -0.4 is 10.6 Å². The third kappa shape index (κ3) is 5.80. The first-order valence-electron chi connectivity index (χ1n) is 9.21. The summed E-state index contributed by atoms with van der Waals surface area (Å²) in [6.07, 6.45) is 0.930. The molecular weight excluding hydrogens is 376 g/mol. The van der Waals surface area contributed by atoms with Crippen LogP contribution in [0, 0.1) is 13.8 Å². The molecule has 1 aromatic carbocycles. The first-order valence-corrected chi connectivity index (χ1v) is 10.6. The minimum Gasteiger partial charge on any atom is -0.356 e. The number of aliphatic imine (C=N–C) groups is 1. The van der Waals surface area contributed by atoms with Gasteiger partial charge in [0.1, 0.15) is 0 Å². The number of guanidine groups is 1. The lowest BCUT2D eigenvalue weighted by atomic mass is 10.2. The molecule has 28 heavy (non-hydrogen) atoms. The second-order valence-corrected chi connectivity index (χ2v) is 8.94. The molecule has 0 saturated carbocycles. The van der Waals surface area contributed by atoms with E-state index in [-0.39, 0.29) is 4.90 Å². The number of hydrogen-bond donors (Lipinski definition) is 2. The van der Waals surface area contributed by atoms with Crippen molar-refractivity contribution in [1.29, 1.82) is 0 Å². The van der Waals surface area contributed by atoms with Crippen LogP contribution >= 0.6 is 0 Å². The van der Waals surface area contributed by atoms with Crippen molar-refractivity contribution in [2.24, 2.45) is 4.99 Å². The number of aryl methyl sites for hydroxylation is 3. The van der Waals surface area contributed by atoms with Gasteiger partial charge in [-0.3, -0.25) is 9.67 Å². The van der Waals surface area contributed by atoms with Crippen LogP contribution in [0.1, 0.15) is 23.4 Å². The van der Waals surface area contributed by atoms with Crippen LogP contribution in [0.5, 0.6) is 0 Å². The Balaban J connectivity index is 1.79. The summed E-state index contributed by atoms with van der Waals surface area (Å²) < 4.78 is 27.4. The van der Waals surface area contributed by atoms with Crippen molar-refractivity contribution in [3.63, 3.8) is 0 Å². The van der Waals surface area contributed by atoms with Gasteiger partial charge in [-0.25, -0.2) is 12.7 Å². The summed E-state index contributed by atoms with van der Waals surface area (Å²) in [6, 6.07) is 8.93. The lowest BCUT2D eigenvalue weighted by Gasteiger charge is -2.13. The summed E-state index contributed by atoms with van der Waals surface area (Å²) in [5.41, 5.74) is 3.18. The summed E-state index contributed by atoms with van der Waals surface area (Å²) >= 11 is 0. The number of rotatable bonds is 8. The van der Waals surface area contributed by atoms with E-state index in [0.29, 0.717) is 12.5 Å². The molecule has 2 aromatic rings. The van der Waals surface area contributed by atoms with Gasteiger partial charge in [0.15, 0.2) is 5.96 Å². The molecule has 2 rings (SSSR count). The Kier molecular flexibility index (Phi) is 7.59. The second kappa shape index (κ2) is 9.70. The monoisotopic (exact) mass is 406 g/mol. The van der Waals surface area contributed by atoms with E-state index in [0.717, 1.165) is 30.8 Å². The van der Waals surface area contributed by atoms with Gasteiger partial charge in [0.25, 0.3) is 0 Å². The zero-order valence-electron chi connectivity index (χ0n) is 17.2. The van der Waals surface area contributed by atoms with Crippen molar-refractivity contribution in [2.45, 2.75) is 38.3 Å². The van der Waals surface area contributed by atoms with Gasteiger partial charge in [-0.2, -0.15) is 5.10 Å². The SMILES string of the molecule is CN=C(NCCCn1nc(C)cc1C)NCc1ccc(S(=O)(=O)N(C)C)cc1. The van der Waals surface area contributed by atoms with E-state index in [9.17, 15) is 8.42 Å². The van der Waals surface area contributed by atoms with Crippen molar-refractivity contribution in [3.05, 3.63) is 47.3 Å². The lowest BCUT2D eigenvalue weighted by Crippen LogP contribution is -2.37. The Labute approximate surface area is 167 Å². The molecule has 0 aliphatic carbocycles. The Morgan fingerprint density at radius 1 is 1.18 bits per heavy atom. The van der Waals surface area contributed by atoms with E-state index in [4.69, 9.17) is 0 Å². The largest absolute Gasteiger partial charge is 0.356 e. The molecule has 0 aliphatic rings. The molecule has 2 N–H and O–H groups in total. The minimum atomic E-state index is -3.40. The van der Waals surface area contributed by atoms with Gasteiger partial charge in [-0.15, -0.1) is 0 Å². The molecule has 0 amide bonds. The molecule has 0 bridgehead atoms. The van der Waals surface area contributed by atoms with Crippen LogP contribution in [0.25, 0.3) is 0 Å². The van der Waals surface area contributed by atoms with Gasteiger partial charge in [0.2, 0.25) is 10.0 Å². The Bertz CT molecular complexity index is 901. The smallest absolute Gasteiger partial charge is 0.242 e. The topological polar surface area (TPSA) is 91.6 Å². The summed E-state index contributed by atoms with van der Waals surface area (Å²) in [5, 5.41) is 11.0. The second-order valence-electron chi connectivity index (χ2n) is 6.79. The number of aromatic nitrogens is 2. The van der Waals surface area contributed by atoms with E-state index in [1.54, 1.807) is 31.3 Å². The summed E-state index contributed by atoms with van der Waals surface area (Å²) in [7, 11) is 1.37. The molecule has 0 saturated heterocycles. The molecule has 0 aliphatic heterocycles. The molecule has 1 aromatic heterocycles. The third-order valence-corrected chi connectivity index (χ3v) is 6.16. The quantitative estimate of drug-likeness (QED) is 0.394. The molecule has 8 nitrogen and oxygen atoms in total. The molecule has 1 heterocycles. The maximum absolute atomic E-state index is 12.1. The highest BCUT2D eigenvalue weighted by atomic mass is 32.2. The van der Waals surface area contributed by atoms with Crippen LogP contribution in [0.3, 0.4) is 0 Å². The van der Waals surface area contributed by atoms with Crippen LogP contribution in [0.2, 0.25) is 0 Å². The average molecular weight is 407 g/mol. The summed E-state index contributed by atoms with van der Waals surface area (Å²) in [6.45, 7) is 6.24. The van der Waals surface area contributed by atoms with E-state index < -0.39 is 10.0 Å². The highest BCUT2D eigenvalue weighted by Gasteiger charge is 2.16. The molecular formula is C19H30N6O2S. The van der Waals surface area contributed by atoms with Gasteiger partial charge in [-0.1, -0.05) is 12.1 Å². The van der Waals surface area contributed by atoms with Crippen LogP contribution in [-0.2, 0) is 23.1 Å². The number of hydrogen-bond acceptors (Lipinski definition) is 4. The zero-order chi connectivity index (χ0) is 20.7. The fourth-order valence-corrected chi connectivity index (χ4v) is 3.64. The normalized spacial score (nSPS) is 12.4. The number of benzene rings is 1. The minimum absolute atomic E-state index is 0.285. The summed E-state index contributed by atoms with van der Waals surface area (Å²) in [5.74, 6) is 0.707. The molecule has 0 spiro atoms. The van der Waals surface area contributed by atoms with E-state index >= 15 is 0 Å². The maximum atomic E-state index is 12.1. The lowest BCUT2D eigenvalue weighted by molar-refractivity contribution is 0.520. The van der Waals surface area contributed by atoms with Crippen LogP contribution in [-0.4, -0.2) is 56.2 Å². The Morgan fingerprint density at radius 3 is 2.39 bits per heavy atom. The van der Waals surface area contributed by atoms with Gasteiger partial charge in [-0.05, 0) is 44.0 Å². The zero-order valence-corrected chi connectivity index (χ0v) is 18.0. The van der Waals surface area contributed by atoms with Gasteiger partial charge < -0.3 is 10.6 Å². The molecule has 0 radical (unpaired) electrons. The highest BCUT2D eigenvalue weighted by molar-refractivity contribution is 7.89. The fourth-order valence-electron chi connectivity index (χ4n) is 2.73. The Hall–Kier alpha value is -2.39.